The van der Waals surface area contributed by atoms with E-state index in [0.29, 0.717) is 42.7 Å². The molecule has 3 N–H and O–H groups in total. The molecule has 2 heterocycles. The van der Waals surface area contributed by atoms with Gasteiger partial charge in [-0.2, -0.15) is 0 Å². The van der Waals surface area contributed by atoms with E-state index >= 15 is 0 Å². The van der Waals surface area contributed by atoms with E-state index in [1.165, 1.54) is 0 Å². The summed E-state index contributed by atoms with van der Waals surface area (Å²) < 4.78 is 0. The van der Waals surface area contributed by atoms with Gasteiger partial charge >= 0.3 is 0 Å². The molecule has 0 bridgehead atoms. The van der Waals surface area contributed by atoms with Gasteiger partial charge in [-0.1, -0.05) is 24.3 Å². The number of benzene rings is 3. The topological polar surface area (TPSA) is 97.8 Å². The van der Waals surface area contributed by atoms with Crippen molar-refractivity contribution in [2.24, 2.45) is 0 Å². The lowest BCUT2D eigenvalue weighted by Crippen LogP contribution is -2.33. The van der Waals surface area contributed by atoms with E-state index in [2.05, 4.69) is 38.7 Å². The normalized spacial score (nSPS) is 15.2. The summed E-state index contributed by atoms with van der Waals surface area (Å²) in [6.45, 7) is 5.23. The van der Waals surface area contributed by atoms with Gasteiger partial charge in [-0.3, -0.25) is 9.59 Å². The first-order valence-corrected chi connectivity index (χ1v) is 16.0. The number of hydrogen-bond acceptors (Lipinski definition) is 7. The summed E-state index contributed by atoms with van der Waals surface area (Å²) in [6.07, 6.45) is 3.25. The molecule has 3 aromatic carbocycles. The SMILES string of the molecule is Cc1csc([C@H]2CCCN2C(=O)c2cccc(C(=O)N[C@@H](C)CCc3ccc(NCc4cccc(N(C)C)c4)c(O)c3)c2)n1. The van der Waals surface area contributed by atoms with E-state index in [9.17, 15) is 14.7 Å². The van der Waals surface area contributed by atoms with Crippen LogP contribution in [0.1, 0.15) is 74.8 Å². The molecule has 2 amide bonds. The molecule has 0 radical (unpaired) electrons. The van der Waals surface area contributed by atoms with Gasteiger partial charge in [0.05, 0.1) is 11.7 Å². The van der Waals surface area contributed by atoms with Gasteiger partial charge in [0, 0.05) is 61.1 Å². The molecule has 5 rings (SSSR count). The Morgan fingerprint density at radius 1 is 1.07 bits per heavy atom. The molecule has 44 heavy (non-hydrogen) atoms. The molecule has 1 aliphatic heterocycles. The van der Waals surface area contributed by atoms with E-state index in [4.69, 9.17) is 0 Å². The molecule has 8 nitrogen and oxygen atoms in total. The summed E-state index contributed by atoms with van der Waals surface area (Å²) >= 11 is 1.60. The number of rotatable bonds is 11. The quantitative estimate of drug-likeness (QED) is 0.166. The zero-order chi connectivity index (χ0) is 31.2. The van der Waals surface area contributed by atoms with Crippen molar-refractivity contribution in [3.63, 3.8) is 0 Å². The first-order valence-electron chi connectivity index (χ1n) is 15.1. The number of thiazole rings is 1. The first-order chi connectivity index (χ1) is 21.2. The monoisotopic (exact) mass is 611 g/mol. The second-order valence-electron chi connectivity index (χ2n) is 11.7. The molecule has 0 unspecified atom stereocenters. The number of anilines is 2. The maximum Gasteiger partial charge on any atom is 0.254 e. The highest BCUT2D eigenvalue weighted by Gasteiger charge is 2.32. The molecule has 2 atom stereocenters. The van der Waals surface area contributed by atoms with Crippen LogP contribution in [0.25, 0.3) is 0 Å². The Labute approximate surface area is 263 Å². The molecule has 1 saturated heterocycles. The van der Waals surface area contributed by atoms with Crippen molar-refractivity contribution in [3.8, 4) is 5.75 Å². The highest BCUT2D eigenvalue weighted by Crippen LogP contribution is 2.35. The van der Waals surface area contributed by atoms with Crippen LogP contribution >= 0.6 is 11.3 Å². The average Bonchev–Trinajstić information content (AvgIpc) is 3.68. The summed E-state index contributed by atoms with van der Waals surface area (Å²) in [5.41, 5.74) is 5.89. The van der Waals surface area contributed by atoms with Gasteiger partial charge in [0.25, 0.3) is 11.8 Å². The third-order valence-electron chi connectivity index (χ3n) is 8.02. The Bertz CT molecular complexity index is 1620. The number of aromatic hydroxyl groups is 1. The summed E-state index contributed by atoms with van der Waals surface area (Å²) in [4.78, 5) is 35.1. The molecule has 0 aliphatic carbocycles. The fourth-order valence-corrected chi connectivity index (χ4v) is 6.48. The minimum Gasteiger partial charge on any atom is -0.506 e. The van der Waals surface area contributed by atoms with Crippen LogP contribution in [0.5, 0.6) is 5.75 Å². The Morgan fingerprint density at radius 3 is 2.61 bits per heavy atom. The van der Waals surface area contributed by atoms with Gasteiger partial charge in [0.15, 0.2) is 0 Å². The van der Waals surface area contributed by atoms with Crippen molar-refractivity contribution in [2.75, 3.05) is 30.9 Å². The van der Waals surface area contributed by atoms with Crippen LogP contribution in [0.4, 0.5) is 11.4 Å². The van der Waals surface area contributed by atoms with Gasteiger partial charge in [-0.05, 0) is 93.1 Å². The predicted molar refractivity (Wildman–Crippen MR) is 178 cm³/mol. The smallest absolute Gasteiger partial charge is 0.254 e. The summed E-state index contributed by atoms with van der Waals surface area (Å²) in [6, 6.07) is 20.8. The van der Waals surface area contributed by atoms with Crippen molar-refractivity contribution in [3.05, 3.63) is 105 Å². The highest BCUT2D eigenvalue weighted by molar-refractivity contribution is 7.09. The number of phenols is 1. The first kappa shape index (κ1) is 31.1. The molecular formula is C35H41N5O3S. The second kappa shape index (κ2) is 13.9. The number of likely N-dealkylation sites (tertiary alicyclic amines) is 1. The molecule has 230 valence electrons. The molecule has 0 saturated carbocycles. The van der Waals surface area contributed by atoms with Crippen molar-refractivity contribution in [2.45, 2.75) is 58.2 Å². The lowest BCUT2D eigenvalue weighted by atomic mass is 10.0. The highest BCUT2D eigenvalue weighted by atomic mass is 32.1. The Morgan fingerprint density at radius 2 is 1.86 bits per heavy atom. The van der Waals surface area contributed by atoms with Crippen molar-refractivity contribution in [1.82, 2.24) is 15.2 Å². The number of carbonyl (C=O) groups excluding carboxylic acids is 2. The zero-order valence-electron chi connectivity index (χ0n) is 25.8. The number of nitrogens with zero attached hydrogens (tertiary/aromatic N) is 3. The Kier molecular flexibility index (Phi) is 9.85. The molecule has 1 aromatic heterocycles. The number of phenolic OH excluding ortho intramolecular Hbond substituents is 1. The lowest BCUT2D eigenvalue weighted by molar-refractivity contribution is 0.0735. The Balaban J connectivity index is 1.13. The van der Waals surface area contributed by atoms with Gasteiger partial charge in [0.2, 0.25) is 0 Å². The fraction of sp³-hybridized carbons (Fsp3) is 0.343. The number of amides is 2. The third-order valence-corrected chi connectivity index (χ3v) is 9.09. The zero-order valence-corrected chi connectivity index (χ0v) is 26.7. The second-order valence-corrected chi connectivity index (χ2v) is 12.6. The minimum atomic E-state index is -0.207. The number of hydrogen-bond donors (Lipinski definition) is 3. The maximum atomic E-state index is 13.4. The van der Waals surface area contributed by atoms with Crippen LogP contribution in [-0.2, 0) is 13.0 Å². The summed E-state index contributed by atoms with van der Waals surface area (Å²) in [5.74, 6) is -0.0704. The van der Waals surface area contributed by atoms with Crippen LogP contribution in [0, 0.1) is 6.92 Å². The van der Waals surface area contributed by atoms with E-state index < -0.39 is 0 Å². The average molecular weight is 612 g/mol. The minimum absolute atomic E-state index is 0.0110. The summed E-state index contributed by atoms with van der Waals surface area (Å²) in [5, 5.41) is 20.0. The molecule has 4 aromatic rings. The number of aryl methyl sites for hydroxylation is 2. The van der Waals surface area contributed by atoms with E-state index in [1.54, 1.807) is 41.7 Å². The largest absolute Gasteiger partial charge is 0.506 e. The fourth-order valence-electron chi connectivity index (χ4n) is 5.54. The van der Waals surface area contributed by atoms with Gasteiger partial charge in [-0.15, -0.1) is 11.3 Å². The van der Waals surface area contributed by atoms with E-state index in [1.807, 2.05) is 56.4 Å². The molecule has 0 spiro atoms. The van der Waals surface area contributed by atoms with Gasteiger partial charge in [0.1, 0.15) is 10.8 Å². The van der Waals surface area contributed by atoms with Gasteiger partial charge in [-0.25, -0.2) is 4.98 Å². The standard InChI is InChI=1S/C35H41N5O3S/c1-23(13-14-25-15-16-30(32(41)19-25)36-21-26-8-5-11-29(18-26)39(3)4)37-33(42)27-9-6-10-28(20-27)35(43)40-17-7-12-31(40)34-38-24(2)22-44-34/h5-6,8-11,15-16,18-20,22-23,31,36,41H,7,12-14,17,21H2,1-4H3,(H,37,42)/t23-,31+/m0/s1. The van der Waals surface area contributed by atoms with Crippen LogP contribution in [-0.4, -0.2) is 53.5 Å². The number of aromatic nitrogens is 1. The van der Waals surface area contributed by atoms with Crippen molar-refractivity contribution >= 4 is 34.5 Å². The van der Waals surface area contributed by atoms with Crippen LogP contribution in [0.15, 0.2) is 72.1 Å². The maximum absolute atomic E-state index is 13.4. The van der Waals surface area contributed by atoms with Crippen molar-refractivity contribution < 1.29 is 14.7 Å². The molecule has 1 aliphatic rings. The summed E-state index contributed by atoms with van der Waals surface area (Å²) in [7, 11) is 4.03. The molecule has 9 heteroatoms. The van der Waals surface area contributed by atoms with E-state index in [0.717, 1.165) is 40.4 Å². The van der Waals surface area contributed by atoms with Crippen LogP contribution < -0.4 is 15.5 Å². The van der Waals surface area contributed by atoms with Crippen molar-refractivity contribution in [1.29, 1.82) is 0 Å². The predicted octanol–water partition coefficient (Wildman–Crippen LogP) is 6.56. The third kappa shape index (κ3) is 7.58. The number of carbonyl (C=O) groups is 2. The number of nitrogens with one attached hydrogen (secondary N) is 2. The van der Waals surface area contributed by atoms with Crippen LogP contribution in [0.2, 0.25) is 0 Å². The van der Waals surface area contributed by atoms with E-state index in [-0.39, 0.29) is 29.6 Å². The molecule has 1 fully saturated rings. The lowest BCUT2D eigenvalue weighted by Gasteiger charge is -2.23. The molecular weight excluding hydrogens is 570 g/mol. The Hall–Kier alpha value is -4.37. The van der Waals surface area contributed by atoms with Gasteiger partial charge < -0.3 is 25.5 Å². The van der Waals surface area contributed by atoms with Crippen LogP contribution in [0.3, 0.4) is 0 Å².